The van der Waals surface area contributed by atoms with E-state index >= 15 is 0 Å². The number of carboxylic acids is 1. The molecule has 2 amide bonds. The first-order chi connectivity index (χ1) is 9.15. The molecule has 2 N–H and O–H groups in total. The summed E-state index contributed by atoms with van der Waals surface area (Å²) in [6.45, 7) is 2.18. The van der Waals surface area contributed by atoms with Crippen LogP contribution in [0.3, 0.4) is 0 Å². The lowest BCUT2D eigenvalue weighted by molar-refractivity contribution is -0.138. The monoisotopic (exact) mass is 268 g/mol. The SMILES string of the molecule is O=C(O)CC1CCN(C(=O)NCC2CCCC2)CC1. The van der Waals surface area contributed by atoms with Crippen molar-refractivity contribution < 1.29 is 14.7 Å². The molecule has 1 aliphatic carbocycles. The summed E-state index contributed by atoms with van der Waals surface area (Å²) in [5, 5.41) is 11.8. The minimum absolute atomic E-state index is 0.0284. The fraction of sp³-hybridized carbons (Fsp3) is 0.857. The molecule has 5 nitrogen and oxygen atoms in total. The van der Waals surface area contributed by atoms with Crippen LogP contribution in [0.1, 0.15) is 44.9 Å². The maximum Gasteiger partial charge on any atom is 0.317 e. The largest absolute Gasteiger partial charge is 0.481 e. The van der Waals surface area contributed by atoms with Crippen molar-refractivity contribution in [3.8, 4) is 0 Å². The molecule has 1 saturated carbocycles. The van der Waals surface area contributed by atoms with E-state index in [-0.39, 0.29) is 18.4 Å². The van der Waals surface area contributed by atoms with Crippen LogP contribution in [0.25, 0.3) is 0 Å². The summed E-state index contributed by atoms with van der Waals surface area (Å²) in [4.78, 5) is 24.4. The molecule has 19 heavy (non-hydrogen) atoms. The number of hydrogen-bond donors (Lipinski definition) is 2. The van der Waals surface area contributed by atoms with Gasteiger partial charge in [0, 0.05) is 26.1 Å². The van der Waals surface area contributed by atoms with Crippen molar-refractivity contribution in [1.82, 2.24) is 10.2 Å². The van der Waals surface area contributed by atoms with E-state index in [1.54, 1.807) is 0 Å². The van der Waals surface area contributed by atoms with Crippen LogP contribution in [-0.2, 0) is 4.79 Å². The average Bonchev–Trinajstić information content (AvgIpc) is 2.89. The topological polar surface area (TPSA) is 69.6 Å². The Bertz CT molecular complexity index is 319. The van der Waals surface area contributed by atoms with Crippen molar-refractivity contribution in [1.29, 1.82) is 0 Å². The van der Waals surface area contributed by atoms with Gasteiger partial charge in [-0.1, -0.05) is 12.8 Å². The lowest BCUT2D eigenvalue weighted by Crippen LogP contribution is -2.45. The average molecular weight is 268 g/mol. The number of aliphatic carboxylic acids is 1. The molecule has 0 unspecified atom stereocenters. The van der Waals surface area contributed by atoms with E-state index in [0.717, 1.165) is 19.4 Å². The Morgan fingerprint density at radius 3 is 2.26 bits per heavy atom. The van der Waals surface area contributed by atoms with Crippen molar-refractivity contribution in [3.05, 3.63) is 0 Å². The summed E-state index contributed by atoms with van der Waals surface area (Å²) in [5.41, 5.74) is 0. The lowest BCUT2D eigenvalue weighted by Gasteiger charge is -2.31. The first kappa shape index (κ1) is 14.2. The summed E-state index contributed by atoms with van der Waals surface area (Å²) >= 11 is 0. The molecule has 1 heterocycles. The van der Waals surface area contributed by atoms with Gasteiger partial charge in [0.15, 0.2) is 0 Å². The molecular weight excluding hydrogens is 244 g/mol. The number of carbonyl (C=O) groups excluding carboxylic acids is 1. The summed E-state index contributed by atoms with van der Waals surface area (Å²) in [7, 11) is 0. The van der Waals surface area contributed by atoms with E-state index in [2.05, 4.69) is 5.32 Å². The highest BCUT2D eigenvalue weighted by atomic mass is 16.4. The van der Waals surface area contributed by atoms with Gasteiger partial charge in [0.25, 0.3) is 0 Å². The third kappa shape index (κ3) is 4.40. The van der Waals surface area contributed by atoms with Gasteiger partial charge in [-0.05, 0) is 37.5 Å². The normalized spacial score (nSPS) is 21.6. The van der Waals surface area contributed by atoms with Crippen molar-refractivity contribution in [2.45, 2.75) is 44.9 Å². The van der Waals surface area contributed by atoms with Gasteiger partial charge in [0.1, 0.15) is 0 Å². The summed E-state index contributed by atoms with van der Waals surface area (Å²) in [6, 6.07) is 0.0284. The third-order valence-corrected chi connectivity index (χ3v) is 4.38. The fourth-order valence-corrected chi connectivity index (χ4v) is 3.15. The number of hydrogen-bond acceptors (Lipinski definition) is 2. The van der Waals surface area contributed by atoms with Gasteiger partial charge in [-0.3, -0.25) is 4.79 Å². The molecule has 2 aliphatic rings. The summed E-state index contributed by atoms with van der Waals surface area (Å²) in [6.07, 6.45) is 6.91. The summed E-state index contributed by atoms with van der Waals surface area (Å²) < 4.78 is 0. The fourth-order valence-electron chi connectivity index (χ4n) is 3.15. The Hall–Kier alpha value is -1.26. The van der Waals surface area contributed by atoms with E-state index in [0.29, 0.717) is 19.0 Å². The number of urea groups is 1. The lowest BCUT2D eigenvalue weighted by atomic mass is 9.94. The molecule has 0 aromatic heterocycles. The van der Waals surface area contributed by atoms with Crippen LogP contribution in [-0.4, -0.2) is 41.6 Å². The minimum Gasteiger partial charge on any atom is -0.481 e. The van der Waals surface area contributed by atoms with Crippen LogP contribution >= 0.6 is 0 Å². The Labute approximate surface area is 114 Å². The van der Waals surface area contributed by atoms with Gasteiger partial charge in [0.2, 0.25) is 0 Å². The number of piperidine rings is 1. The molecular formula is C14H24N2O3. The molecule has 2 fully saturated rings. The van der Waals surface area contributed by atoms with Gasteiger partial charge >= 0.3 is 12.0 Å². The number of carbonyl (C=O) groups is 2. The van der Waals surface area contributed by atoms with Gasteiger partial charge < -0.3 is 15.3 Å². The molecule has 0 bridgehead atoms. The molecule has 0 aromatic carbocycles. The number of carboxylic acid groups (broad SMARTS) is 1. The Kier molecular flexibility index (Phi) is 5.05. The number of likely N-dealkylation sites (tertiary alicyclic amines) is 1. The second-order valence-electron chi connectivity index (χ2n) is 5.86. The van der Waals surface area contributed by atoms with Crippen LogP contribution in [0.5, 0.6) is 0 Å². The summed E-state index contributed by atoms with van der Waals surface area (Å²) in [5.74, 6) is 0.161. The van der Waals surface area contributed by atoms with Crippen LogP contribution < -0.4 is 5.32 Å². The van der Waals surface area contributed by atoms with Crippen molar-refractivity contribution >= 4 is 12.0 Å². The Balaban J connectivity index is 1.65. The molecule has 108 valence electrons. The predicted molar refractivity (Wildman–Crippen MR) is 71.9 cm³/mol. The van der Waals surface area contributed by atoms with Crippen LogP contribution in [0.2, 0.25) is 0 Å². The van der Waals surface area contributed by atoms with E-state index < -0.39 is 5.97 Å². The van der Waals surface area contributed by atoms with E-state index in [1.807, 2.05) is 4.90 Å². The van der Waals surface area contributed by atoms with Crippen molar-refractivity contribution in [3.63, 3.8) is 0 Å². The number of nitrogens with one attached hydrogen (secondary N) is 1. The second-order valence-corrected chi connectivity index (χ2v) is 5.86. The molecule has 5 heteroatoms. The van der Waals surface area contributed by atoms with E-state index in [9.17, 15) is 9.59 Å². The van der Waals surface area contributed by atoms with E-state index in [4.69, 9.17) is 5.11 Å². The first-order valence-electron chi connectivity index (χ1n) is 7.39. The molecule has 0 aromatic rings. The Morgan fingerprint density at radius 1 is 1.05 bits per heavy atom. The molecule has 1 aliphatic heterocycles. The zero-order valence-electron chi connectivity index (χ0n) is 11.4. The smallest absolute Gasteiger partial charge is 0.317 e. The predicted octanol–water partition coefficient (Wildman–Crippen LogP) is 2.07. The Morgan fingerprint density at radius 2 is 1.68 bits per heavy atom. The zero-order chi connectivity index (χ0) is 13.7. The highest BCUT2D eigenvalue weighted by molar-refractivity contribution is 5.74. The zero-order valence-corrected chi connectivity index (χ0v) is 11.4. The van der Waals surface area contributed by atoms with Crippen LogP contribution in [0.15, 0.2) is 0 Å². The molecule has 1 saturated heterocycles. The third-order valence-electron chi connectivity index (χ3n) is 4.38. The van der Waals surface area contributed by atoms with Crippen molar-refractivity contribution in [2.75, 3.05) is 19.6 Å². The molecule has 0 spiro atoms. The highest BCUT2D eigenvalue weighted by Crippen LogP contribution is 2.24. The first-order valence-corrected chi connectivity index (χ1v) is 7.39. The minimum atomic E-state index is -0.732. The van der Waals surface area contributed by atoms with Gasteiger partial charge in [0.05, 0.1) is 0 Å². The van der Waals surface area contributed by atoms with Gasteiger partial charge in [-0.25, -0.2) is 4.79 Å². The maximum atomic E-state index is 12.0. The van der Waals surface area contributed by atoms with E-state index in [1.165, 1.54) is 25.7 Å². The van der Waals surface area contributed by atoms with Crippen LogP contribution in [0.4, 0.5) is 4.79 Å². The molecule has 0 radical (unpaired) electrons. The number of rotatable bonds is 4. The molecule has 2 rings (SSSR count). The number of nitrogens with zero attached hydrogens (tertiary/aromatic N) is 1. The standard InChI is InChI=1S/C14H24N2O3/c17-13(18)9-11-5-7-16(8-6-11)14(19)15-10-12-3-1-2-4-12/h11-12H,1-10H2,(H,15,19)(H,17,18). The van der Waals surface area contributed by atoms with Crippen molar-refractivity contribution in [2.24, 2.45) is 11.8 Å². The van der Waals surface area contributed by atoms with Gasteiger partial charge in [-0.2, -0.15) is 0 Å². The second kappa shape index (κ2) is 6.78. The maximum absolute atomic E-state index is 12.0. The van der Waals surface area contributed by atoms with Gasteiger partial charge in [-0.15, -0.1) is 0 Å². The highest BCUT2D eigenvalue weighted by Gasteiger charge is 2.24. The van der Waals surface area contributed by atoms with Crippen LogP contribution in [0, 0.1) is 11.8 Å². The molecule has 0 atom stereocenters. The number of amides is 2. The quantitative estimate of drug-likeness (QED) is 0.820.